The molecule has 102 valence electrons. The third-order valence-corrected chi connectivity index (χ3v) is 4.42. The van der Waals surface area contributed by atoms with Crippen molar-refractivity contribution >= 4 is 15.9 Å². The minimum Gasteiger partial charge on any atom is -0.309 e. The van der Waals surface area contributed by atoms with Gasteiger partial charge in [-0.25, -0.2) is 0 Å². The molecule has 0 radical (unpaired) electrons. The van der Waals surface area contributed by atoms with Crippen molar-refractivity contribution in [2.45, 2.75) is 45.8 Å². The minimum atomic E-state index is 0.561. The third kappa shape index (κ3) is 2.95. The summed E-state index contributed by atoms with van der Waals surface area (Å²) < 4.78 is 3.20. The molecule has 5 heteroatoms. The SMILES string of the molecule is CCc1nn(C)c(CN2CC(C)NC(C)C2)c1Br. The van der Waals surface area contributed by atoms with Crippen LogP contribution in [0.4, 0.5) is 0 Å². The molecule has 18 heavy (non-hydrogen) atoms. The average molecular weight is 315 g/mol. The molecule has 2 unspecified atom stereocenters. The Kier molecular flexibility index (Phi) is 4.45. The second-order valence-electron chi connectivity index (χ2n) is 5.35. The molecule has 0 aromatic carbocycles. The van der Waals surface area contributed by atoms with Crippen molar-refractivity contribution in [3.63, 3.8) is 0 Å². The lowest BCUT2D eigenvalue weighted by atomic mass is 10.1. The molecule has 1 saturated heterocycles. The van der Waals surface area contributed by atoms with Crippen molar-refractivity contribution in [2.24, 2.45) is 7.05 Å². The summed E-state index contributed by atoms with van der Waals surface area (Å²) in [5.41, 5.74) is 2.44. The predicted octanol–water partition coefficient (Wildman–Crippen LogP) is 1.93. The smallest absolute Gasteiger partial charge is 0.0767 e. The summed E-state index contributed by atoms with van der Waals surface area (Å²) in [6.07, 6.45) is 0.975. The van der Waals surface area contributed by atoms with E-state index in [1.54, 1.807) is 0 Å². The first-order chi connectivity index (χ1) is 8.51. The predicted molar refractivity (Wildman–Crippen MR) is 77.6 cm³/mol. The van der Waals surface area contributed by atoms with Crippen molar-refractivity contribution < 1.29 is 0 Å². The fourth-order valence-electron chi connectivity index (χ4n) is 2.77. The Morgan fingerprint density at radius 2 is 1.94 bits per heavy atom. The van der Waals surface area contributed by atoms with Gasteiger partial charge in [-0.05, 0) is 36.2 Å². The second-order valence-corrected chi connectivity index (χ2v) is 6.14. The highest BCUT2D eigenvalue weighted by molar-refractivity contribution is 9.10. The van der Waals surface area contributed by atoms with Gasteiger partial charge in [0.2, 0.25) is 0 Å². The van der Waals surface area contributed by atoms with Gasteiger partial charge in [0.25, 0.3) is 0 Å². The molecule has 1 N–H and O–H groups in total. The van der Waals surface area contributed by atoms with Gasteiger partial charge in [0, 0.05) is 38.8 Å². The largest absolute Gasteiger partial charge is 0.309 e. The molecule has 0 saturated carbocycles. The topological polar surface area (TPSA) is 33.1 Å². The number of aryl methyl sites for hydroxylation is 2. The fraction of sp³-hybridized carbons (Fsp3) is 0.769. The summed E-state index contributed by atoms with van der Waals surface area (Å²) >= 11 is 3.69. The monoisotopic (exact) mass is 314 g/mol. The Labute approximate surface area is 118 Å². The van der Waals surface area contributed by atoms with Crippen LogP contribution in [0.3, 0.4) is 0 Å². The van der Waals surface area contributed by atoms with Crippen LogP contribution in [0.5, 0.6) is 0 Å². The first-order valence-corrected chi connectivity index (χ1v) is 7.49. The molecule has 0 bridgehead atoms. The van der Waals surface area contributed by atoms with Crippen molar-refractivity contribution in [2.75, 3.05) is 13.1 Å². The minimum absolute atomic E-state index is 0.561. The lowest BCUT2D eigenvalue weighted by Crippen LogP contribution is -2.53. The molecule has 0 aliphatic carbocycles. The summed E-state index contributed by atoms with van der Waals surface area (Å²) in [5, 5.41) is 8.12. The number of rotatable bonds is 3. The Morgan fingerprint density at radius 1 is 1.33 bits per heavy atom. The Morgan fingerprint density at radius 3 is 2.44 bits per heavy atom. The highest BCUT2D eigenvalue weighted by atomic mass is 79.9. The van der Waals surface area contributed by atoms with Crippen molar-refractivity contribution in [3.8, 4) is 0 Å². The van der Waals surface area contributed by atoms with E-state index in [1.807, 2.05) is 11.7 Å². The number of hydrogen-bond donors (Lipinski definition) is 1. The van der Waals surface area contributed by atoms with E-state index in [-0.39, 0.29) is 0 Å². The molecule has 1 aliphatic heterocycles. The lowest BCUT2D eigenvalue weighted by Gasteiger charge is -2.36. The first kappa shape index (κ1) is 14.0. The standard InChI is InChI=1S/C13H23BrN4/c1-5-11-13(14)12(17(4)16-11)8-18-6-9(2)15-10(3)7-18/h9-10,15H,5-8H2,1-4H3. The third-order valence-electron chi connectivity index (χ3n) is 3.51. The number of piperazine rings is 1. The van der Waals surface area contributed by atoms with E-state index in [1.165, 1.54) is 10.2 Å². The van der Waals surface area contributed by atoms with E-state index in [9.17, 15) is 0 Å². The van der Waals surface area contributed by atoms with Gasteiger partial charge >= 0.3 is 0 Å². The van der Waals surface area contributed by atoms with Crippen LogP contribution in [0.1, 0.15) is 32.2 Å². The molecule has 1 aliphatic rings. The highest BCUT2D eigenvalue weighted by Gasteiger charge is 2.23. The van der Waals surface area contributed by atoms with Gasteiger partial charge in [-0.15, -0.1) is 0 Å². The van der Waals surface area contributed by atoms with Crippen LogP contribution in [-0.2, 0) is 20.0 Å². The van der Waals surface area contributed by atoms with Crippen LogP contribution >= 0.6 is 15.9 Å². The molecule has 1 aromatic heterocycles. The van der Waals surface area contributed by atoms with Gasteiger partial charge < -0.3 is 5.32 Å². The summed E-state index contributed by atoms with van der Waals surface area (Å²) in [5.74, 6) is 0. The maximum absolute atomic E-state index is 4.56. The number of nitrogens with one attached hydrogen (secondary N) is 1. The molecule has 1 aromatic rings. The van der Waals surface area contributed by atoms with Crippen LogP contribution in [0, 0.1) is 0 Å². The maximum Gasteiger partial charge on any atom is 0.0767 e. The zero-order chi connectivity index (χ0) is 13.3. The number of halogens is 1. The van der Waals surface area contributed by atoms with E-state index in [4.69, 9.17) is 0 Å². The average Bonchev–Trinajstić information content (AvgIpc) is 2.55. The summed E-state index contributed by atoms with van der Waals surface area (Å²) in [6, 6.07) is 1.12. The van der Waals surface area contributed by atoms with E-state index < -0.39 is 0 Å². The van der Waals surface area contributed by atoms with E-state index in [2.05, 4.69) is 52.0 Å². The van der Waals surface area contributed by atoms with Gasteiger partial charge in [0.15, 0.2) is 0 Å². The van der Waals surface area contributed by atoms with Crippen LogP contribution in [0.25, 0.3) is 0 Å². The van der Waals surface area contributed by atoms with Crippen LogP contribution in [0.15, 0.2) is 4.47 Å². The van der Waals surface area contributed by atoms with Crippen LogP contribution in [-0.4, -0.2) is 39.9 Å². The Balaban J connectivity index is 2.11. The van der Waals surface area contributed by atoms with Gasteiger partial charge in [-0.1, -0.05) is 6.92 Å². The first-order valence-electron chi connectivity index (χ1n) is 6.69. The Bertz CT molecular complexity index is 405. The summed E-state index contributed by atoms with van der Waals surface area (Å²) in [7, 11) is 2.04. The second kappa shape index (κ2) is 5.72. The molecular formula is C13H23BrN4. The lowest BCUT2D eigenvalue weighted by molar-refractivity contribution is 0.163. The number of aromatic nitrogens is 2. The van der Waals surface area contributed by atoms with E-state index >= 15 is 0 Å². The van der Waals surface area contributed by atoms with Gasteiger partial charge in [-0.3, -0.25) is 9.58 Å². The van der Waals surface area contributed by atoms with Crippen LogP contribution in [0.2, 0.25) is 0 Å². The van der Waals surface area contributed by atoms with Crippen LogP contribution < -0.4 is 5.32 Å². The number of hydrogen-bond acceptors (Lipinski definition) is 3. The highest BCUT2D eigenvalue weighted by Crippen LogP contribution is 2.23. The van der Waals surface area contributed by atoms with Gasteiger partial charge in [0.05, 0.1) is 15.9 Å². The fourth-order valence-corrected chi connectivity index (χ4v) is 3.51. The van der Waals surface area contributed by atoms with Gasteiger partial charge in [-0.2, -0.15) is 5.10 Å². The van der Waals surface area contributed by atoms with Crippen molar-refractivity contribution in [1.82, 2.24) is 20.0 Å². The van der Waals surface area contributed by atoms with E-state index in [0.29, 0.717) is 12.1 Å². The number of nitrogens with zero attached hydrogens (tertiary/aromatic N) is 3. The zero-order valence-electron chi connectivity index (χ0n) is 11.7. The van der Waals surface area contributed by atoms with E-state index in [0.717, 1.165) is 31.7 Å². The van der Waals surface area contributed by atoms with Crippen molar-refractivity contribution in [3.05, 3.63) is 15.9 Å². The normalized spacial score (nSPS) is 25.6. The molecule has 2 atom stereocenters. The maximum atomic E-state index is 4.56. The molecule has 0 spiro atoms. The quantitative estimate of drug-likeness (QED) is 0.925. The molecule has 2 heterocycles. The van der Waals surface area contributed by atoms with Gasteiger partial charge in [0.1, 0.15) is 0 Å². The zero-order valence-corrected chi connectivity index (χ0v) is 13.3. The van der Waals surface area contributed by atoms with Crippen molar-refractivity contribution in [1.29, 1.82) is 0 Å². The molecule has 2 rings (SSSR count). The Hall–Kier alpha value is -0.390. The molecular weight excluding hydrogens is 292 g/mol. The summed E-state index contributed by atoms with van der Waals surface area (Å²) in [6.45, 7) is 9.82. The molecule has 4 nitrogen and oxygen atoms in total. The summed E-state index contributed by atoms with van der Waals surface area (Å²) in [4.78, 5) is 2.51. The molecule has 1 fully saturated rings. The molecule has 0 amide bonds.